The van der Waals surface area contributed by atoms with Gasteiger partial charge in [0, 0.05) is 18.2 Å². The summed E-state index contributed by atoms with van der Waals surface area (Å²) in [5.74, 6) is -0.0796. The first-order valence-corrected chi connectivity index (χ1v) is 6.39. The van der Waals surface area contributed by atoms with Crippen LogP contribution in [0.25, 0.3) is 5.69 Å². The molecule has 5 heteroatoms. The van der Waals surface area contributed by atoms with Crippen LogP contribution in [0.5, 0.6) is 0 Å². The summed E-state index contributed by atoms with van der Waals surface area (Å²) < 4.78 is 28.4. The second-order valence-corrected chi connectivity index (χ2v) is 5.05. The van der Waals surface area contributed by atoms with E-state index in [4.69, 9.17) is 0 Å². The van der Waals surface area contributed by atoms with E-state index in [1.54, 1.807) is 4.68 Å². The lowest BCUT2D eigenvalue weighted by molar-refractivity contribution is 0.573. The quantitative estimate of drug-likeness (QED) is 0.901. The highest BCUT2D eigenvalue weighted by molar-refractivity contribution is 5.57. The fourth-order valence-corrected chi connectivity index (χ4v) is 2.49. The molecule has 1 N–H and O–H groups in total. The SMILES string of the molecule is CC(C)c1nn(-c2ccc(F)cc2F)c2c1CCN2. The van der Waals surface area contributed by atoms with Gasteiger partial charge in [0.05, 0.1) is 5.69 Å². The van der Waals surface area contributed by atoms with Gasteiger partial charge in [-0.3, -0.25) is 0 Å². The molecule has 3 nitrogen and oxygen atoms in total. The van der Waals surface area contributed by atoms with Gasteiger partial charge in [-0.2, -0.15) is 5.10 Å². The van der Waals surface area contributed by atoms with Crippen LogP contribution in [0.1, 0.15) is 31.0 Å². The van der Waals surface area contributed by atoms with Crippen LogP contribution in [0.3, 0.4) is 0 Å². The lowest BCUT2D eigenvalue weighted by Crippen LogP contribution is -2.07. The van der Waals surface area contributed by atoms with E-state index in [9.17, 15) is 8.78 Å². The number of nitrogens with one attached hydrogen (secondary N) is 1. The standard InChI is InChI=1S/C14H15F2N3/c1-8(2)13-10-5-6-17-14(10)19(18-13)12-4-3-9(15)7-11(12)16/h3-4,7-8,17H,5-6H2,1-2H3. The Balaban J connectivity index is 2.18. The van der Waals surface area contributed by atoms with Gasteiger partial charge in [0.15, 0.2) is 5.82 Å². The first-order chi connectivity index (χ1) is 9.08. The molecule has 0 fully saturated rings. The molecule has 0 bridgehead atoms. The molecular weight excluding hydrogens is 248 g/mol. The Kier molecular flexibility index (Phi) is 2.77. The molecule has 2 aromatic rings. The molecule has 1 aromatic heterocycles. The Morgan fingerprint density at radius 1 is 1.32 bits per heavy atom. The number of anilines is 1. The summed E-state index contributed by atoms with van der Waals surface area (Å²) in [7, 11) is 0. The molecule has 3 rings (SSSR count). The number of hydrogen-bond donors (Lipinski definition) is 1. The Hall–Kier alpha value is -1.91. The molecule has 19 heavy (non-hydrogen) atoms. The largest absolute Gasteiger partial charge is 0.369 e. The van der Waals surface area contributed by atoms with E-state index < -0.39 is 11.6 Å². The van der Waals surface area contributed by atoms with Crippen LogP contribution < -0.4 is 5.32 Å². The number of benzene rings is 1. The van der Waals surface area contributed by atoms with Crippen molar-refractivity contribution in [1.82, 2.24) is 9.78 Å². The van der Waals surface area contributed by atoms with E-state index in [1.807, 2.05) is 0 Å². The summed E-state index contributed by atoms with van der Waals surface area (Å²) >= 11 is 0. The van der Waals surface area contributed by atoms with E-state index in [0.29, 0.717) is 0 Å². The van der Waals surface area contributed by atoms with E-state index in [0.717, 1.165) is 36.1 Å². The van der Waals surface area contributed by atoms with Crippen LogP contribution in [0.4, 0.5) is 14.6 Å². The maximum absolute atomic E-state index is 13.9. The number of nitrogens with zero attached hydrogens (tertiary/aromatic N) is 2. The van der Waals surface area contributed by atoms with Gasteiger partial charge in [-0.1, -0.05) is 13.8 Å². The zero-order valence-corrected chi connectivity index (χ0v) is 10.9. The molecule has 0 saturated carbocycles. The van der Waals surface area contributed by atoms with Crippen molar-refractivity contribution in [2.45, 2.75) is 26.2 Å². The van der Waals surface area contributed by atoms with Crippen molar-refractivity contribution in [1.29, 1.82) is 0 Å². The van der Waals surface area contributed by atoms with Gasteiger partial charge in [0.25, 0.3) is 0 Å². The predicted octanol–water partition coefficient (Wildman–Crippen LogP) is 3.24. The third-order valence-electron chi connectivity index (χ3n) is 3.37. The zero-order valence-electron chi connectivity index (χ0n) is 10.9. The monoisotopic (exact) mass is 263 g/mol. The van der Waals surface area contributed by atoms with Gasteiger partial charge in [-0.05, 0) is 24.5 Å². The molecular formula is C14H15F2N3. The van der Waals surface area contributed by atoms with Gasteiger partial charge in [0.1, 0.15) is 17.3 Å². The molecule has 0 saturated heterocycles. The third-order valence-corrected chi connectivity index (χ3v) is 3.37. The number of rotatable bonds is 2. The van der Waals surface area contributed by atoms with Crippen molar-refractivity contribution >= 4 is 5.82 Å². The molecule has 100 valence electrons. The highest BCUT2D eigenvalue weighted by Gasteiger charge is 2.25. The van der Waals surface area contributed by atoms with Gasteiger partial charge in [-0.25, -0.2) is 13.5 Å². The van der Waals surface area contributed by atoms with Gasteiger partial charge in [-0.15, -0.1) is 0 Å². The lowest BCUT2D eigenvalue weighted by atomic mass is 10.1. The summed E-state index contributed by atoms with van der Waals surface area (Å²) in [5.41, 5.74) is 2.39. The molecule has 2 heterocycles. The second-order valence-electron chi connectivity index (χ2n) is 5.05. The molecule has 0 aliphatic carbocycles. The zero-order chi connectivity index (χ0) is 13.6. The molecule has 0 unspecified atom stereocenters. The molecule has 0 radical (unpaired) electrons. The minimum atomic E-state index is -0.602. The van der Waals surface area contributed by atoms with Crippen molar-refractivity contribution in [3.05, 3.63) is 41.1 Å². The Morgan fingerprint density at radius 3 is 2.79 bits per heavy atom. The maximum Gasteiger partial charge on any atom is 0.151 e. The molecule has 1 aliphatic heterocycles. The number of aromatic nitrogens is 2. The second kappa shape index (κ2) is 4.33. The minimum absolute atomic E-state index is 0.276. The summed E-state index contributed by atoms with van der Waals surface area (Å²) in [6.07, 6.45) is 0.895. The highest BCUT2D eigenvalue weighted by atomic mass is 19.1. The van der Waals surface area contributed by atoms with Crippen molar-refractivity contribution in [3.63, 3.8) is 0 Å². The van der Waals surface area contributed by atoms with E-state index in [-0.39, 0.29) is 11.6 Å². The maximum atomic E-state index is 13.9. The first-order valence-electron chi connectivity index (χ1n) is 6.39. The fraction of sp³-hybridized carbons (Fsp3) is 0.357. The van der Waals surface area contributed by atoms with Crippen LogP contribution in [0.15, 0.2) is 18.2 Å². The first kappa shape index (κ1) is 12.1. The van der Waals surface area contributed by atoms with Crippen LogP contribution in [0.2, 0.25) is 0 Å². The van der Waals surface area contributed by atoms with Gasteiger partial charge >= 0.3 is 0 Å². The van der Waals surface area contributed by atoms with Crippen LogP contribution >= 0.6 is 0 Å². The molecule has 0 amide bonds. The Labute approximate surface area is 110 Å². The smallest absolute Gasteiger partial charge is 0.151 e. The molecule has 0 atom stereocenters. The fourth-order valence-electron chi connectivity index (χ4n) is 2.49. The third kappa shape index (κ3) is 1.89. The summed E-state index contributed by atoms with van der Waals surface area (Å²) in [6, 6.07) is 3.55. The van der Waals surface area contributed by atoms with Gasteiger partial charge < -0.3 is 5.32 Å². The topological polar surface area (TPSA) is 29.9 Å². The van der Waals surface area contributed by atoms with Crippen LogP contribution in [0, 0.1) is 11.6 Å². The van der Waals surface area contributed by atoms with E-state index in [2.05, 4.69) is 24.3 Å². The predicted molar refractivity (Wildman–Crippen MR) is 69.8 cm³/mol. The van der Waals surface area contributed by atoms with Crippen LogP contribution in [-0.4, -0.2) is 16.3 Å². The summed E-state index contributed by atoms with van der Waals surface area (Å²) in [4.78, 5) is 0. The van der Waals surface area contributed by atoms with Crippen molar-refractivity contribution < 1.29 is 8.78 Å². The molecule has 0 spiro atoms. The minimum Gasteiger partial charge on any atom is -0.369 e. The highest BCUT2D eigenvalue weighted by Crippen LogP contribution is 2.32. The summed E-state index contributed by atoms with van der Waals surface area (Å²) in [5, 5.41) is 7.71. The number of hydrogen-bond acceptors (Lipinski definition) is 2. The lowest BCUT2D eigenvalue weighted by Gasteiger charge is -2.07. The van der Waals surface area contributed by atoms with Crippen molar-refractivity contribution in [2.75, 3.05) is 11.9 Å². The van der Waals surface area contributed by atoms with Crippen LogP contribution in [-0.2, 0) is 6.42 Å². The average Bonchev–Trinajstić information content (AvgIpc) is 2.90. The normalized spacial score (nSPS) is 13.7. The van der Waals surface area contributed by atoms with E-state index in [1.165, 1.54) is 12.1 Å². The molecule has 1 aliphatic rings. The summed E-state index contributed by atoms with van der Waals surface area (Å²) in [6.45, 7) is 4.95. The van der Waals surface area contributed by atoms with E-state index >= 15 is 0 Å². The average molecular weight is 263 g/mol. The Bertz CT molecular complexity index is 632. The van der Waals surface area contributed by atoms with Gasteiger partial charge in [0.2, 0.25) is 0 Å². The Morgan fingerprint density at radius 2 is 2.11 bits per heavy atom. The number of halogens is 2. The van der Waals surface area contributed by atoms with Crippen molar-refractivity contribution in [3.8, 4) is 5.69 Å². The number of fused-ring (bicyclic) bond motifs is 1. The van der Waals surface area contributed by atoms with Crippen molar-refractivity contribution in [2.24, 2.45) is 0 Å². The molecule has 1 aromatic carbocycles.